The van der Waals surface area contributed by atoms with Gasteiger partial charge in [0.25, 0.3) is 0 Å². The van der Waals surface area contributed by atoms with E-state index in [1.54, 1.807) is 20.1 Å². The van der Waals surface area contributed by atoms with E-state index in [-0.39, 0.29) is 0 Å². The molecule has 0 aliphatic carbocycles. The van der Waals surface area contributed by atoms with Crippen LogP contribution in [0.4, 0.5) is 0 Å². The van der Waals surface area contributed by atoms with Crippen molar-refractivity contribution in [2.75, 3.05) is 7.11 Å². The van der Waals surface area contributed by atoms with Crippen molar-refractivity contribution < 1.29 is 9.84 Å². The third-order valence-electron chi connectivity index (χ3n) is 3.33. The smallest absolute Gasteiger partial charge is 0.122 e. The summed E-state index contributed by atoms with van der Waals surface area (Å²) in [5.74, 6) is 0.901. The Morgan fingerprint density at radius 1 is 1.28 bits per heavy atom. The lowest BCUT2D eigenvalue weighted by Crippen LogP contribution is -2.15. The molecule has 1 rings (SSSR count). The van der Waals surface area contributed by atoms with Gasteiger partial charge >= 0.3 is 0 Å². The van der Waals surface area contributed by atoms with Crippen LogP contribution in [0.5, 0.6) is 5.75 Å². The topological polar surface area (TPSA) is 29.5 Å². The molecule has 1 aromatic rings. The summed E-state index contributed by atoms with van der Waals surface area (Å²) < 4.78 is 5.34. The Kier molecular flexibility index (Phi) is 4.36. The first-order valence-corrected chi connectivity index (χ1v) is 6.02. The second-order valence-electron chi connectivity index (χ2n) is 4.82. The fourth-order valence-electron chi connectivity index (χ4n) is 1.85. The maximum atomic E-state index is 9.91. The minimum Gasteiger partial charge on any atom is -0.496 e. The average molecular weight is 246 g/mol. The first kappa shape index (κ1) is 14.5. The number of hydrogen-bond acceptors (Lipinski definition) is 2. The van der Waals surface area contributed by atoms with Crippen molar-refractivity contribution in [3.8, 4) is 5.75 Å². The lowest BCUT2D eigenvalue weighted by Gasteiger charge is -2.16. The van der Waals surface area contributed by atoms with Gasteiger partial charge in [-0.3, -0.25) is 0 Å². The molecule has 1 unspecified atom stereocenters. The van der Waals surface area contributed by atoms with E-state index in [1.807, 2.05) is 26.0 Å². The van der Waals surface area contributed by atoms with E-state index in [0.717, 1.165) is 22.4 Å². The zero-order valence-corrected chi connectivity index (χ0v) is 11.9. The molecule has 2 heteroatoms. The molecule has 0 heterocycles. The summed E-state index contributed by atoms with van der Waals surface area (Å²) in [6.45, 7) is 11.5. The van der Waals surface area contributed by atoms with Gasteiger partial charge in [0.15, 0.2) is 0 Å². The fourth-order valence-corrected chi connectivity index (χ4v) is 1.85. The maximum absolute atomic E-state index is 9.91. The molecule has 1 aromatic carbocycles. The zero-order valence-electron chi connectivity index (χ0n) is 11.9. The minimum atomic E-state index is -0.979. The Labute approximate surface area is 110 Å². The van der Waals surface area contributed by atoms with E-state index >= 15 is 0 Å². The van der Waals surface area contributed by atoms with Crippen LogP contribution in [0, 0.1) is 20.8 Å². The van der Waals surface area contributed by atoms with Gasteiger partial charge in [-0.05, 0) is 62.1 Å². The van der Waals surface area contributed by atoms with Gasteiger partial charge in [0.2, 0.25) is 0 Å². The lowest BCUT2D eigenvalue weighted by molar-refractivity contribution is 0.165. The van der Waals surface area contributed by atoms with Crippen LogP contribution in [0.1, 0.15) is 29.2 Å². The van der Waals surface area contributed by atoms with Crippen LogP contribution < -0.4 is 4.74 Å². The highest BCUT2D eigenvalue weighted by Crippen LogP contribution is 2.28. The lowest BCUT2D eigenvalue weighted by atomic mass is 9.95. The number of hydrogen-bond donors (Lipinski definition) is 1. The van der Waals surface area contributed by atoms with Gasteiger partial charge in [-0.1, -0.05) is 18.7 Å². The van der Waals surface area contributed by atoms with Crippen LogP contribution in [0.2, 0.25) is 0 Å². The van der Waals surface area contributed by atoms with E-state index in [0.29, 0.717) is 0 Å². The van der Waals surface area contributed by atoms with Crippen LogP contribution in [-0.2, 0) is 0 Å². The molecule has 0 radical (unpaired) electrons. The van der Waals surface area contributed by atoms with Gasteiger partial charge in [-0.2, -0.15) is 0 Å². The highest BCUT2D eigenvalue weighted by atomic mass is 16.5. The average Bonchev–Trinajstić information content (AvgIpc) is 2.33. The highest BCUT2D eigenvalue weighted by molar-refractivity contribution is 5.63. The SMILES string of the molecule is C=CC(C)(O)C=Cc1c(C)cc(OC)c(C)c1C. The molecular weight excluding hydrogens is 224 g/mol. The van der Waals surface area contributed by atoms with Gasteiger partial charge in [-0.25, -0.2) is 0 Å². The molecule has 18 heavy (non-hydrogen) atoms. The molecule has 1 atom stereocenters. The standard InChI is InChI=1S/C16H22O2/c1-7-16(5,17)9-8-14-11(2)10-15(18-6)13(4)12(14)3/h7-10,17H,1H2,2-6H3. The van der Waals surface area contributed by atoms with Crippen LogP contribution >= 0.6 is 0 Å². The molecule has 2 nitrogen and oxygen atoms in total. The molecule has 0 fully saturated rings. The van der Waals surface area contributed by atoms with Crippen molar-refractivity contribution in [1.82, 2.24) is 0 Å². The predicted octanol–water partition coefficient (Wildman–Crippen LogP) is 3.57. The Balaban J connectivity index is 3.27. The first-order chi connectivity index (χ1) is 8.32. The molecule has 0 bridgehead atoms. The summed E-state index contributed by atoms with van der Waals surface area (Å²) in [6.07, 6.45) is 5.21. The van der Waals surface area contributed by atoms with E-state index in [4.69, 9.17) is 4.74 Å². The molecule has 98 valence electrons. The van der Waals surface area contributed by atoms with E-state index < -0.39 is 5.60 Å². The molecule has 0 saturated carbocycles. The van der Waals surface area contributed by atoms with Gasteiger partial charge in [-0.15, -0.1) is 0 Å². The van der Waals surface area contributed by atoms with Crippen molar-refractivity contribution in [3.05, 3.63) is 47.1 Å². The first-order valence-electron chi connectivity index (χ1n) is 6.02. The quantitative estimate of drug-likeness (QED) is 0.823. The van der Waals surface area contributed by atoms with Crippen molar-refractivity contribution in [2.45, 2.75) is 33.3 Å². The fraction of sp³-hybridized carbons (Fsp3) is 0.375. The molecule has 1 N–H and O–H groups in total. The summed E-state index contributed by atoms with van der Waals surface area (Å²) >= 11 is 0. The van der Waals surface area contributed by atoms with Crippen molar-refractivity contribution in [1.29, 1.82) is 0 Å². The van der Waals surface area contributed by atoms with E-state index in [9.17, 15) is 5.11 Å². The normalized spacial score (nSPS) is 14.6. The van der Waals surface area contributed by atoms with Crippen molar-refractivity contribution in [3.63, 3.8) is 0 Å². The van der Waals surface area contributed by atoms with E-state index in [2.05, 4.69) is 13.5 Å². The Morgan fingerprint density at radius 2 is 1.89 bits per heavy atom. The summed E-state index contributed by atoms with van der Waals surface area (Å²) in [5.41, 5.74) is 3.57. The largest absolute Gasteiger partial charge is 0.496 e. The maximum Gasteiger partial charge on any atom is 0.122 e. The van der Waals surface area contributed by atoms with Crippen molar-refractivity contribution in [2.24, 2.45) is 0 Å². The predicted molar refractivity (Wildman–Crippen MR) is 77.1 cm³/mol. The molecule has 0 aromatic heterocycles. The third-order valence-corrected chi connectivity index (χ3v) is 3.33. The second kappa shape index (κ2) is 5.40. The number of methoxy groups -OCH3 is 1. The van der Waals surface area contributed by atoms with Gasteiger partial charge in [0, 0.05) is 0 Å². The minimum absolute atomic E-state index is 0.901. The Morgan fingerprint density at radius 3 is 2.39 bits per heavy atom. The van der Waals surface area contributed by atoms with Gasteiger partial charge in [0.05, 0.1) is 12.7 Å². The number of aliphatic hydroxyl groups is 1. The molecule has 0 amide bonds. The van der Waals surface area contributed by atoms with Crippen molar-refractivity contribution >= 4 is 6.08 Å². The highest BCUT2D eigenvalue weighted by Gasteiger charge is 2.12. The van der Waals surface area contributed by atoms with E-state index in [1.165, 1.54) is 11.6 Å². The third kappa shape index (κ3) is 3.02. The summed E-state index contributed by atoms with van der Waals surface area (Å²) in [6, 6.07) is 2.02. The summed E-state index contributed by atoms with van der Waals surface area (Å²) in [5, 5.41) is 9.91. The molecule has 0 aliphatic rings. The Hall–Kier alpha value is -1.54. The molecule has 0 spiro atoms. The second-order valence-corrected chi connectivity index (χ2v) is 4.82. The van der Waals surface area contributed by atoms with Crippen LogP contribution in [-0.4, -0.2) is 17.8 Å². The zero-order chi connectivity index (χ0) is 13.9. The van der Waals surface area contributed by atoms with Crippen LogP contribution in [0.15, 0.2) is 24.8 Å². The summed E-state index contributed by atoms with van der Waals surface area (Å²) in [7, 11) is 1.68. The number of aryl methyl sites for hydroxylation is 1. The number of benzene rings is 1. The summed E-state index contributed by atoms with van der Waals surface area (Å²) in [4.78, 5) is 0. The molecule has 0 saturated heterocycles. The number of rotatable bonds is 4. The molecular formula is C16H22O2. The van der Waals surface area contributed by atoms with Gasteiger partial charge in [0.1, 0.15) is 5.75 Å². The monoisotopic (exact) mass is 246 g/mol. The molecule has 0 aliphatic heterocycles. The van der Waals surface area contributed by atoms with Crippen LogP contribution in [0.25, 0.3) is 6.08 Å². The van der Waals surface area contributed by atoms with Crippen LogP contribution in [0.3, 0.4) is 0 Å². The Bertz CT molecular complexity index is 482. The number of ether oxygens (including phenoxy) is 1. The van der Waals surface area contributed by atoms with Gasteiger partial charge < -0.3 is 9.84 Å².